The highest BCUT2D eigenvalue weighted by Crippen LogP contribution is 2.18. The Morgan fingerprint density at radius 3 is 2.77 bits per heavy atom. The highest BCUT2D eigenvalue weighted by Gasteiger charge is 2.23. The second kappa shape index (κ2) is 8.08. The van der Waals surface area contributed by atoms with Gasteiger partial charge >= 0.3 is 6.09 Å². The Morgan fingerprint density at radius 2 is 2.08 bits per heavy atom. The molecule has 0 unspecified atom stereocenters. The summed E-state index contributed by atoms with van der Waals surface area (Å²) in [5.74, 6) is 6.31. The molecule has 0 atom stereocenters. The summed E-state index contributed by atoms with van der Waals surface area (Å²) in [6.45, 7) is 1.20. The molecule has 1 saturated heterocycles. The molecule has 1 aliphatic rings. The van der Waals surface area contributed by atoms with E-state index in [4.69, 9.17) is 9.47 Å². The number of carbonyl (C=O) groups excluding carboxylic acids is 2. The lowest BCUT2D eigenvalue weighted by molar-refractivity contribution is 0.0958. The Morgan fingerprint density at radius 1 is 1.27 bits per heavy atom. The topological polar surface area (TPSA) is 67.9 Å². The molecule has 0 aliphatic carbocycles. The van der Waals surface area contributed by atoms with Crippen LogP contribution < -0.4 is 15.0 Å². The van der Waals surface area contributed by atoms with Gasteiger partial charge in [0.15, 0.2) is 0 Å². The molecule has 26 heavy (non-hydrogen) atoms. The number of cyclic esters (lactones) is 1. The average molecular weight is 350 g/mol. The van der Waals surface area contributed by atoms with Crippen molar-refractivity contribution in [3.8, 4) is 17.6 Å². The van der Waals surface area contributed by atoms with Gasteiger partial charge in [0.1, 0.15) is 12.4 Å². The van der Waals surface area contributed by atoms with Gasteiger partial charge < -0.3 is 14.8 Å². The fourth-order valence-electron chi connectivity index (χ4n) is 2.49. The number of ether oxygens (including phenoxy) is 2. The molecule has 0 spiro atoms. The quantitative estimate of drug-likeness (QED) is 0.860. The molecule has 0 radical (unpaired) electrons. The zero-order valence-electron chi connectivity index (χ0n) is 14.3. The van der Waals surface area contributed by atoms with Crippen molar-refractivity contribution in [1.82, 2.24) is 5.32 Å². The summed E-state index contributed by atoms with van der Waals surface area (Å²) in [6, 6.07) is 14.2. The predicted octanol–water partition coefficient (Wildman–Crippen LogP) is 2.43. The molecule has 2 amide bonds. The van der Waals surface area contributed by atoms with Crippen molar-refractivity contribution in [2.45, 2.75) is 0 Å². The first-order chi connectivity index (χ1) is 12.7. The van der Waals surface area contributed by atoms with Gasteiger partial charge in [-0.25, -0.2) is 4.79 Å². The van der Waals surface area contributed by atoms with Crippen molar-refractivity contribution < 1.29 is 19.1 Å². The summed E-state index contributed by atoms with van der Waals surface area (Å²) in [5, 5.41) is 2.74. The molecule has 1 heterocycles. The van der Waals surface area contributed by atoms with E-state index in [2.05, 4.69) is 17.2 Å². The zero-order chi connectivity index (χ0) is 18.4. The van der Waals surface area contributed by atoms with Gasteiger partial charge in [0, 0.05) is 16.8 Å². The smallest absolute Gasteiger partial charge is 0.414 e. The summed E-state index contributed by atoms with van der Waals surface area (Å²) >= 11 is 0. The minimum Gasteiger partial charge on any atom is -0.497 e. The molecule has 1 N–H and O–H groups in total. The number of nitrogens with one attached hydrogen (secondary N) is 1. The van der Waals surface area contributed by atoms with Crippen molar-refractivity contribution in [3.05, 3.63) is 59.7 Å². The van der Waals surface area contributed by atoms with Crippen LogP contribution in [0.1, 0.15) is 15.9 Å². The standard InChI is InChI=1S/C20H18N2O4/c1-25-18-6-2-5-16(14-18)19(23)21-11-3-4-15-7-9-17(10-8-15)22-12-13-26-20(22)24/h2,5-10,14H,11-13H2,1H3,(H,21,23). The van der Waals surface area contributed by atoms with E-state index in [0.717, 1.165) is 11.3 Å². The molecule has 0 bridgehead atoms. The molecule has 1 aliphatic heterocycles. The van der Waals surface area contributed by atoms with E-state index in [9.17, 15) is 9.59 Å². The van der Waals surface area contributed by atoms with E-state index in [1.165, 1.54) is 0 Å². The highest BCUT2D eigenvalue weighted by molar-refractivity contribution is 5.94. The lowest BCUT2D eigenvalue weighted by Gasteiger charge is -2.11. The van der Waals surface area contributed by atoms with Crippen LogP contribution in [-0.2, 0) is 4.74 Å². The van der Waals surface area contributed by atoms with Crippen molar-refractivity contribution in [2.75, 3.05) is 31.7 Å². The molecule has 0 saturated carbocycles. The van der Waals surface area contributed by atoms with Gasteiger partial charge in [-0.3, -0.25) is 9.69 Å². The van der Waals surface area contributed by atoms with Crippen molar-refractivity contribution >= 4 is 17.7 Å². The van der Waals surface area contributed by atoms with Gasteiger partial charge in [-0.15, -0.1) is 0 Å². The van der Waals surface area contributed by atoms with Crippen molar-refractivity contribution in [2.24, 2.45) is 0 Å². The second-order valence-corrected chi connectivity index (χ2v) is 5.53. The van der Waals surface area contributed by atoms with Crippen molar-refractivity contribution in [1.29, 1.82) is 0 Å². The number of rotatable bonds is 4. The summed E-state index contributed by atoms with van der Waals surface area (Å²) < 4.78 is 10.0. The first kappa shape index (κ1) is 17.4. The largest absolute Gasteiger partial charge is 0.497 e. The van der Waals surface area contributed by atoms with Crippen LogP contribution in [0.25, 0.3) is 0 Å². The maximum Gasteiger partial charge on any atom is 0.414 e. The van der Waals surface area contributed by atoms with Crippen LogP contribution in [0, 0.1) is 11.8 Å². The number of carbonyl (C=O) groups is 2. The minimum absolute atomic E-state index is 0.207. The number of benzene rings is 2. The molecule has 3 rings (SSSR count). The molecular formula is C20H18N2O4. The Bertz CT molecular complexity index is 865. The molecule has 6 heteroatoms. The molecular weight excluding hydrogens is 332 g/mol. The Labute approximate surface area is 151 Å². The Balaban J connectivity index is 1.54. The van der Waals surface area contributed by atoms with Gasteiger partial charge in [-0.1, -0.05) is 17.9 Å². The van der Waals surface area contributed by atoms with Crippen LogP contribution in [0.4, 0.5) is 10.5 Å². The molecule has 0 aromatic heterocycles. The Hall–Kier alpha value is -3.46. The van der Waals surface area contributed by atoms with Gasteiger partial charge in [0.05, 0.1) is 20.2 Å². The molecule has 132 valence electrons. The maximum atomic E-state index is 12.1. The zero-order valence-corrected chi connectivity index (χ0v) is 14.3. The second-order valence-electron chi connectivity index (χ2n) is 5.53. The van der Waals surface area contributed by atoms with E-state index in [0.29, 0.717) is 24.5 Å². The number of hydrogen-bond donors (Lipinski definition) is 1. The molecule has 6 nitrogen and oxygen atoms in total. The summed E-state index contributed by atoms with van der Waals surface area (Å²) in [4.78, 5) is 25.2. The normalized spacial score (nSPS) is 12.8. The third kappa shape index (κ3) is 4.14. The maximum absolute atomic E-state index is 12.1. The third-order valence-corrected chi connectivity index (χ3v) is 3.84. The fourth-order valence-corrected chi connectivity index (χ4v) is 2.49. The van der Waals surface area contributed by atoms with Crippen LogP contribution in [0.3, 0.4) is 0 Å². The van der Waals surface area contributed by atoms with Crippen LogP contribution >= 0.6 is 0 Å². The summed E-state index contributed by atoms with van der Waals surface area (Å²) in [5.41, 5.74) is 2.11. The summed E-state index contributed by atoms with van der Waals surface area (Å²) in [6.07, 6.45) is -0.330. The third-order valence-electron chi connectivity index (χ3n) is 3.84. The van der Waals surface area contributed by atoms with Crippen LogP contribution in [-0.4, -0.2) is 38.8 Å². The lowest BCUT2D eigenvalue weighted by atomic mass is 10.2. The minimum atomic E-state index is -0.330. The molecule has 2 aromatic rings. The fraction of sp³-hybridized carbons (Fsp3) is 0.200. The predicted molar refractivity (Wildman–Crippen MR) is 97.3 cm³/mol. The molecule has 1 fully saturated rings. The number of nitrogens with zero attached hydrogens (tertiary/aromatic N) is 1. The summed E-state index contributed by atoms with van der Waals surface area (Å²) in [7, 11) is 1.56. The highest BCUT2D eigenvalue weighted by atomic mass is 16.6. The number of methoxy groups -OCH3 is 1. The van der Waals surface area contributed by atoms with Crippen LogP contribution in [0.2, 0.25) is 0 Å². The van der Waals surface area contributed by atoms with Gasteiger partial charge in [0.2, 0.25) is 0 Å². The first-order valence-electron chi connectivity index (χ1n) is 8.13. The molecule has 2 aromatic carbocycles. The lowest BCUT2D eigenvalue weighted by Crippen LogP contribution is -2.23. The average Bonchev–Trinajstić information content (AvgIpc) is 3.11. The van der Waals surface area contributed by atoms with Crippen LogP contribution in [0.15, 0.2) is 48.5 Å². The van der Waals surface area contributed by atoms with Gasteiger partial charge in [0.25, 0.3) is 5.91 Å². The van der Waals surface area contributed by atoms with Gasteiger partial charge in [-0.2, -0.15) is 0 Å². The van der Waals surface area contributed by atoms with Gasteiger partial charge in [-0.05, 0) is 42.5 Å². The van der Waals surface area contributed by atoms with E-state index >= 15 is 0 Å². The first-order valence-corrected chi connectivity index (χ1v) is 8.13. The monoisotopic (exact) mass is 350 g/mol. The van der Waals surface area contributed by atoms with E-state index in [-0.39, 0.29) is 18.5 Å². The van der Waals surface area contributed by atoms with E-state index in [1.54, 1.807) is 36.3 Å². The Kier molecular flexibility index (Phi) is 5.40. The van der Waals surface area contributed by atoms with E-state index < -0.39 is 0 Å². The SMILES string of the molecule is COc1cccc(C(=O)NCC#Cc2ccc(N3CCOC3=O)cc2)c1. The van der Waals surface area contributed by atoms with Crippen LogP contribution in [0.5, 0.6) is 5.75 Å². The van der Waals surface area contributed by atoms with Crippen molar-refractivity contribution in [3.63, 3.8) is 0 Å². The number of amides is 2. The van der Waals surface area contributed by atoms with E-state index in [1.807, 2.05) is 24.3 Å². The number of hydrogen-bond acceptors (Lipinski definition) is 4. The number of anilines is 1.